The summed E-state index contributed by atoms with van der Waals surface area (Å²) in [5.41, 5.74) is 0.764. The molecular formula is C17H26N3O+. The van der Waals surface area contributed by atoms with Gasteiger partial charge in [-0.2, -0.15) is 0 Å². The van der Waals surface area contributed by atoms with E-state index < -0.39 is 0 Å². The van der Waals surface area contributed by atoms with Crippen molar-refractivity contribution in [2.24, 2.45) is 5.92 Å². The normalized spacial score (nSPS) is 27.6. The van der Waals surface area contributed by atoms with E-state index in [-0.39, 0.29) is 5.91 Å². The van der Waals surface area contributed by atoms with Gasteiger partial charge in [-0.25, -0.2) is 0 Å². The van der Waals surface area contributed by atoms with Gasteiger partial charge in [-0.1, -0.05) is 13.3 Å². The number of nitrogens with one attached hydrogen (secondary N) is 1. The molecule has 1 N–H and O–H groups in total. The van der Waals surface area contributed by atoms with Crippen molar-refractivity contribution in [3.8, 4) is 0 Å². The SMILES string of the molecule is C[C@H]1CCC[C@H]([NH+]2CCN(C(=O)c3ccncc3)CC2)C1. The van der Waals surface area contributed by atoms with Gasteiger partial charge in [0.1, 0.15) is 0 Å². The Morgan fingerprint density at radius 1 is 1.24 bits per heavy atom. The number of nitrogens with zero attached hydrogens (tertiary/aromatic N) is 2. The molecular weight excluding hydrogens is 262 g/mol. The Kier molecular flexibility index (Phi) is 4.54. The van der Waals surface area contributed by atoms with Crippen molar-refractivity contribution in [3.63, 3.8) is 0 Å². The van der Waals surface area contributed by atoms with Crippen LogP contribution in [0.5, 0.6) is 0 Å². The number of amides is 1. The molecule has 0 spiro atoms. The minimum absolute atomic E-state index is 0.161. The van der Waals surface area contributed by atoms with Crippen molar-refractivity contribution in [1.29, 1.82) is 0 Å². The van der Waals surface area contributed by atoms with Crippen molar-refractivity contribution in [2.45, 2.75) is 38.6 Å². The lowest BCUT2D eigenvalue weighted by atomic mass is 9.86. The largest absolute Gasteiger partial charge is 0.330 e. The van der Waals surface area contributed by atoms with E-state index in [0.29, 0.717) is 0 Å². The first kappa shape index (κ1) is 14.5. The van der Waals surface area contributed by atoms with E-state index >= 15 is 0 Å². The van der Waals surface area contributed by atoms with E-state index in [0.717, 1.165) is 43.7 Å². The van der Waals surface area contributed by atoms with Gasteiger partial charge in [0.05, 0.1) is 32.2 Å². The van der Waals surface area contributed by atoms with E-state index in [1.54, 1.807) is 17.3 Å². The second-order valence-electron chi connectivity index (χ2n) is 6.66. The molecule has 0 radical (unpaired) electrons. The van der Waals surface area contributed by atoms with Crippen LogP contribution in [0.15, 0.2) is 24.5 Å². The number of pyridine rings is 1. The summed E-state index contributed by atoms with van der Waals surface area (Å²) >= 11 is 0. The quantitative estimate of drug-likeness (QED) is 0.881. The highest BCUT2D eigenvalue weighted by atomic mass is 16.2. The number of rotatable bonds is 2. The predicted molar refractivity (Wildman–Crippen MR) is 82.3 cm³/mol. The smallest absolute Gasteiger partial charge is 0.254 e. The summed E-state index contributed by atoms with van der Waals surface area (Å²) in [5.74, 6) is 1.04. The highest BCUT2D eigenvalue weighted by Gasteiger charge is 2.32. The minimum atomic E-state index is 0.161. The van der Waals surface area contributed by atoms with E-state index in [4.69, 9.17) is 0 Å². The van der Waals surface area contributed by atoms with Gasteiger partial charge in [-0.15, -0.1) is 0 Å². The molecule has 4 heteroatoms. The van der Waals surface area contributed by atoms with Gasteiger partial charge in [0.15, 0.2) is 0 Å². The molecule has 1 aliphatic carbocycles. The van der Waals surface area contributed by atoms with Crippen LogP contribution in [0.3, 0.4) is 0 Å². The Bertz CT molecular complexity index is 468. The summed E-state index contributed by atoms with van der Waals surface area (Å²) in [5, 5.41) is 0. The Morgan fingerprint density at radius 3 is 2.62 bits per heavy atom. The van der Waals surface area contributed by atoms with Crippen LogP contribution in [0, 0.1) is 5.92 Å². The molecule has 21 heavy (non-hydrogen) atoms. The maximum absolute atomic E-state index is 12.4. The number of carbonyl (C=O) groups excluding carboxylic acids is 1. The average molecular weight is 288 g/mol. The van der Waals surface area contributed by atoms with Gasteiger partial charge < -0.3 is 9.80 Å². The first-order valence-corrected chi connectivity index (χ1v) is 8.28. The highest BCUT2D eigenvalue weighted by Crippen LogP contribution is 2.22. The lowest BCUT2D eigenvalue weighted by Crippen LogP contribution is -3.18. The second-order valence-corrected chi connectivity index (χ2v) is 6.66. The second kappa shape index (κ2) is 6.56. The van der Waals surface area contributed by atoms with E-state index in [1.807, 2.05) is 17.0 Å². The lowest BCUT2D eigenvalue weighted by Gasteiger charge is -2.39. The average Bonchev–Trinajstić information content (AvgIpc) is 2.55. The van der Waals surface area contributed by atoms with Crippen LogP contribution < -0.4 is 4.90 Å². The van der Waals surface area contributed by atoms with Crippen molar-refractivity contribution in [1.82, 2.24) is 9.88 Å². The van der Waals surface area contributed by atoms with Crippen molar-refractivity contribution in [3.05, 3.63) is 30.1 Å². The molecule has 1 amide bonds. The van der Waals surface area contributed by atoms with Gasteiger partial charge in [0.25, 0.3) is 5.91 Å². The minimum Gasteiger partial charge on any atom is -0.330 e. The zero-order valence-corrected chi connectivity index (χ0v) is 12.9. The fourth-order valence-electron chi connectivity index (χ4n) is 3.89. The summed E-state index contributed by atoms with van der Waals surface area (Å²) < 4.78 is 0. The molecule has 0 aromatic carbocycles. The van der Waals surface area contributed by atoms with E-state index in [2.05, 4.69) is 11.9 Å². The summed E-state index contributed by atoms with van der Waals surface area (Å²) in [6.45, 7) is 6.37. The van der Waals surface area contributed by atoms with Gasteiger partial charge in [-0.05, 0) is 30.9 Å². The Morgan fingerprint density at radius 2 is 1.95 bits per heavy atom. The number of carbonyl (C=O) groups is 1. The standard InChI is InChI=1S/C17H25N3O/c1-14-3-2-4-16(13-14)19-9-11-20(12-10-19)17(21)15-5-7-18-8-6-15/h5-8,14,16H,2-4,9-13H2,1H3/p+1/t14-,16-/m0/s1. The van der Waals surface area contributed by atoms with Crippen LogP contribution in [0.4, 0.5) is 0 Å². The van der Waals surface area contributed by atoms with Crippen LogP contribution in [-0.4, -0.2) is 48.0 Å². The van der Waals surface area contributed by atoms with E-state index in [9.17, 15) is 4.79 Å². The number of hydrogen-bond acceptors (Lipinski definition) is 2. The van der Waals surface area contributed by atoms with Crippen LogP contribution in [0.2, 0.25) is 0 Å². The molecule has 2 heterocycles. The Hall–Kier alpha value is -1.42. The molecule has 1 aliphatic heterocycles. The topological polar surface area (TPSA) is 37.6 Å². The molecule has 1 saturated heterocycles. The molecule has 4 nitrogen and oxygen atoms in total. The third-order valence-corrected chi connectivity index (χ3v) is 5.13. The predicted octanol–water partition coefficient (Wildman–Crippen LogP) is 1.00. The molecule has 1 aromatic heterocycles. The zero-order chi connectivity index (χ0) is 14.7. The van der Waals surface area contributed by atoms with Gasteiger partial charge in [0, 0.05) is 24.4 Å². The maximum atomic E-state index is 12.4. The van der Waals surface area contributed by atoms with Gasteiger partial charge in [0.2, 0.25) is 0 Å². The van der Waals surface area contributed by atoms with Crippen molar-refractivity contribution >= 4 is 5.91 Å². The molecule has 0 bridgehead atoms. The number of quaternary nitrogens is 1. The lowest BCUT2D eigenvalue weighted by molar-refractivity contribution is -0.930. The van der Waals surface area contributed by atoms with Crippen LogP contribution >= 0.6 is 0 Å². The van der Waals surface area contributed by atoms with Crippen LogP contribution in [0.25, 0.3) is 0 Å². The summed E-state index contributed by atoms with van der Waals surface area (Å²) in [6, 6.07) is 4.45. The van der Waals surface area contributed by atoms with Crippen molar-refractivity contribution in [2.75, 3.05) is 26.2 Å². The zero-order valence-electron chi connectivity index (χ0n) is 12.9. The highest BCUT2D eigenvalue weighted by molar-refractivity contribution is 5.94. The van der Waals surface area contributed by atoms with Crippen LogP contribution in [0.1, 0.15) is 43.0 Å². The van der Waals surface area contributed by atoms with Crippen molar-refractivity contribution < 1.29 is 9.69 Å². The molecule has 3 rings (SSSR count). The Labute approximate surface area is 127 Å². The molecule has 114 valence electrons. The fraction of sp³-hybridized carbons (Fsp3) is 0.647. The van der Waals surface area contributed by atoms with Crippen LogP contribution in [-0.2, 0) is 0 Å². The number of piperazine rings is 1. The van der Waals surface area contributed by atoms with Gasteiger partial charge >= 0.3 is 0 Å². The van der Waals surface area contributed by atoms with E-state index in [1.165, 1.54) is 25.7 Å². The molecule has 2 aliphatic rings. The maximum Gasteiger partial charge on any atom is 0.254 e. The third kappa shape index (κ3) is 3.43. The van der Waals surface area contributed by atoms with Gasteiger partial charge in [-0.3, -0.25) is 9.78 Å². The molecule has 2 atom stereocenters. The first-order chi connectivity index (χ1) is 10.2. The third-order valence-electron chi connectivity index (χ3n) is 5.13. The number of hydrogen-bond donors (Lipinski definition) is 1. The molecule has 2 fully saturated rings. The Balaban J connectivity index is 1.54. The monoisotopic (exact) mass is 288 g/mol. The molecule has 1 aromatic rings. The first-order valence-electron chi connectivity index (χ1n) is 8.28. The summed E-state index contributed by atoms with van der Waals surface area (Å²) in [7, 11) is 0. The molecule has 0 unspecified atom stereocenters. The summed E-state index contributed by atoms with van der Waals surface area (Å²) in [4.78, 5) is 20.1. The number of aromatic nitrogens is 1. The summed E-state index contributed by atoms with van der Waals surface area (Å²) in [6.07, 6.45) is 8.91. The molecule has 1 saturated carbocycles. The fourth-order valence-corrected chi connectivity index (χ4v) is 3.89.